The van der Waals surface area contributed by atoms with E-state index in [9.17, 15) is 9.59 Å². The maximum Gasteiger partial charge on any atom is 0.305 e. The van der Waals surface area contributed by atoms with Gasteiger partial charge in [-0.1, -0.05) is 6.92 Å². The molecule has 0 spiro atoms. The Morgan fingerprint density at radius 1 is 1.25 bits per heavy atom. The predicted molar refractivity (Wildman–Crippen MR) is 44.9 cm³/mol. The Bertz CT molecular complexity index is 125. The monoisotopic (exact) mass is 176 g/mol. The van der Waals surface area contributed by atoms with Gasteiger partial charge in [0, 0.05) is 13.5 Å². The molecule has 0 aromatic carbocycles. The Hall–Kier alpha value is -0.900. The third kappa shape index (κ3) is 16.0. The predicted octanol–water partition coefficient (Wildman–Crippen LogP) is 0.791. The summed E-state index contributed by atoms with van der Waals surface area (Å²) >= 11 is 0. The van der Waals surface area contributed by atoms with Gasteiger partial charge in [0.15, 0.2) is 5.78 Å². The largest absolute Gasteiger partial charge is 0.469 e. The lowest BCUT2D eigenvalue weighted by atomic mass is 10.5. The van der Waals surface area contributed by atoms with E-state index < -0.39 is 0 Å². The molecule has 0 N–H and O–H groups in total. The molecule has 0 saturated heterocycles. The Kier molecular flexibility index (Phi) is 11.5. The van der Waals surface area contributed by atoms with Crippen molar-refractivity contribution in [1.29, 1.82) is 0 Å². The molecule has 12 heavy (non-hydrogen) atoms. The molecule has 0 aliphatic heterocycles. The fraction of sp³-hybridized carbons (Fsp3) is 0.750. The number of carbonyl (C=O) groups is 2. The van der Waals surface area contributed by atoms with Gasteiger partial charge >= 0.3 is 5.97 Å². The van der Waals surface area contributed by atoms with E-state index in [0.717, 1.165) is 0 Å². The summed E-state index contributed by atoms with van der Waals surface area (Å²) in [6, 6.07) is 0. The van der Waals surface area contributed by atoms with Crippen LogP contribution in [0.5, 0.6) is 0 Å². The van der Waals surface area contributed by atoms with E-state index in [-0.39, 0.29) is 18.4 Å². The number of Topliss-reactive ketones (excluding diaryl/α,β-unsaturated/α-hetero) is 1. The lowest BCUT2D eigenvalue weighted by molar-refractivity contribution is -0.140. The first kappa shape index (κ1) is 13.7. The lowest BCUT2D eigenvalue weighted by Gasteiger charge is -1.87. The van der Waals surface area contributed by atoms with Crippen molar-refractivity contribution in [3.63, 3.8) is 0 Å². The zero-order valence-electron chi connectivity index (χ0n) is 8.05. The average Bonchev–Trinajstić information content (AvgIpc) is 2.04. The van der Waals surface area contributed by atoms with Crippen LogP contribution in [-0.2, 0) is 19.1 Å². The van der Waals surface area contributed by atoms with E-state index in [0.29, 0.717) is 6.42 Å². The number of ether oxygens (including phenoxy) is 2. The van der Waals surface area contributed by atoms with Crippen molar-refractivity contribution in [2.75, 3.05) is 20.8 Å². The number of esters is 1. The van der Waals surface area contributed by atoms with Crippen molar-refractivity contribution in [3.8, 4) is 0 Å². The van der Waals surface area contributed by atoms with Crippen molar-refractivity contribution < 1.29 is 19.1 Å². The van der Waals surface area contributed by atoms with Gasteiger partial charge in [0.05, 0.1) is 7.11 Å². The molecule has 0 aliphatic carbocycles. The Labute approximate surface area is 72.8 Å². The molecule has 0 aromatic rings. The summed E-state index contributed by atoms with van der Waals surface area (Å²) in [5.74, 6) is -0.0903. The highest BCUT2D eigenvalue weighted by Gasteiger charge is 1.87. The number of rotatable bonds is 3. The molecule has 4 heteroatoms. The minimum Gasteiger partial charge on any atom is -0.469 e. The lowest BCUT2D eigenvalue weighted by Crippen LogP contribution is -1.98. The molecule has 0 aliphatic rings. The van der Waals surface area contributed by atoms with Gasteiger partial charge in [0.1, 0.15) is 6.61 Å². The number of ketones is 1. The molecular formula is C8H16O4. The maximum absolute atomic E-state index is 9.96. The number of carbonyl (C=O) groups excluding carboxylic acids is 2. The first-order valence-electron chi connectivity index (χ1n) is 3.63. The van der Waals surface area contributed by atoms with Gasteiger partial charge in [-0.25, -0.2) is 0 Å². The van der Waals surface area contributed by atoms with E-state index in [2.05, 4.69) is 9.47 Å². The van der Waals surface area contributed by atoms with Crippen LogP contribution in [0.2, 0.25) is 0 Å². The van der Waals surface area contributed by atoms with Crippen LogP contribution >= 0.6 is 0 Å². The van der Waals surface area contributed by atoms with E-state index in [1.807, 2.05) is 0 Å². The van der Waals surface area contributed by atoms with E-state index >= 15 is 0 Å². The van der Waals surface area contributed by atoms with Gasteiger partial charge in [0.2, 0.25) is 0 Å². The molecule has 0 rings (SSSR count). The number of hydrogen-bond donors (Lipinski definition) is 0. The van der Waals surface area contributed by atoms with E-state index in [1.165, 1.54) is 21.1 Å². The van der Waals surface area contributed by atoms with Crippen LogP contribution in [0.15, 0.2) is 0 Å². The standard InChI is InChI=1S/2C4H8O2/c1-4(5)3-6-2;1-3-4(5)6-2/h2*3H2,1-2H3. The van der Waals surface area contributed by atoms with Gasteiger partial charge in [0.25, 0.3) is 0 Å². The highest BCUT2D eigenvalue weighted by Crippen LogP contribution is 1.76. The molecule has 4 nitrogen and oxygen atoms in total. The molecule has 0 unspecified atom stereocenters. The summed E-state index contributed by atoms with van der Waals surface area (Å²) in [5.41, 5.74) is 0. The summed E-state index contributed by atoms with van der Waals surface area (Å²) in [6.07, 6.45) is 0.469. The molecule has 0 atom stereocenters. The van der Waals surface area contributed by atoms with Crippen molar-refractivity contribution >= 4 is 11.8 Å². The van der Waals surface area contributed by atoms with Gasteiger partial charge < -0.3 is 9.47 Å². The molecular weight excluding hydrogens is 160 g/mol. The molecule has 0 radical (unpaired) electrons. The third-order valence-electron chi connectivity index (χ3n) is 0.864. The summed E-state index contributed by atoms with van der Waals surface area (Å²) in [4.78, 5) is 19.9. The van der Waals surface area contributed by atoms with Crippen LogP contribution < -0.4 is 0 Å². The minimum absolute atomic E-state index is 0.0671. The number of hydrogen-bond acceptors (Lipinski definition) is 4. The van der Waals surface area contributed by atoms with E-state index in [1.54, 1.807) is 6.92 Å². The molecule has 0 fully saturated rings. The van der Waals surface area contributed by atoms with Crippen molar-refractivity contribution in [2.45, 2.75) is 20.3 Å². The first-order valence-corrected chi connectivity index (χ1v) is 3.63. The van der Waals surface area contributed by atoms with Crippen LogP contribution in [0, 0.1) is 0 Å². The fourth-order valence-electron chi connectivity index (χ4n) is 0.348. The van der Waals surface area contributed by atoms with Crippen LogP contribution in [0.1, 0.15) is 20.3 Å². The molecule has 0 amide bonds. The number of methoxy groups -OCH3 is 2. The Morgan fingerprint density at radius 2 is 1.75 bits per heavy atom. The SMILES string of the molecule is CCC(=O)OC.COCC(C)=O. The smallest absolute Gasteiger partial charge is 0.305 e. The van der Waals surface area contributed by atoms with E-state index in [4.69, 9.17) is 0 Å². The van der Waals surface area contributed by atoms with Crippen LogP contribution in [0.4, 0.5) is 0 Å². The highest BCUT2D eigenvalue weighted by molar-refractivity contribution is 5.76. The molecule has 0 saturated carbocycles. The zero-order chi connectivity index (χ0) is 9.98. The van der Waals surface area contributed by atoms with Gasteiger partial charge in [-0.3, -0.25) is 9.59 Å². The normalized spacial score (nSPS) is 8.00. The first-order chi connectivity index (χ1) is 5.58. The highest BCUT2D eigenvalue weighted by atomic mass is 16.5. The minimum atomic E-state index is -0.157. The third-order valence-corrected chi connectivity index (χ3v) is 0.864. The summed E-state index contributed by atoms with van der Waals surface area (Å²) in [7, 11) is 2.88. The Morgan fingerprint density at radius 3 is 1.75 bits per heavy atom. The second-order valence-corrected chi connectivity index (χ2v) is 2.06. The topological polar surface area (TPSA) is 52.6 Å². The second-order valence-electron chi connectivity index (χ2n) is 2.06. The van der Waals surface area contributed by atoms with Gasteiger partial charge in [-0.2, -0.15) is 0 Å². The van der Waals surface area contributed by atoms with Crippen LogP contribution in [0.25, 0.3) is 0 Å². The van der Waals surface area contributed by atoms with Crippen LogP contribution in [0.3, 0.4) is 0 Å². The van der Waals surface area contributed by atoms with Gasteiger partial charge in [-0.15, -0.1) is 0 Å². The van der Waals surface area contributed by atoms with Crippen molar-refractivity contribution in [1.82, 2.24) is 0 Å². The molecule has 0 heterocycles. The van der Waals surface area contributed by atoms with Crippen molar-refractivity contribution in [2.24, 2.45) is 0 Å². The molecule has 72 valence electrons. The molecule has 0 bridgehead atoms. The molecule has 0 aromatic heterocycles. The van der Waals surface area contributed by atoms with Crippen LogP contribution in [-0.4, -0.2) is 32.6 Å². The average molecular weight is 176 g/mol. The summed E-state index contributed by atoms with van der Waals surface area (Å²) in [6.45, 7) is 3.48. The fourth-order valence-corrected chi connectivity index (χ4v) is 0.348. The second kappa shape index (κ2) is 10.1. The Balaban J connectivity index is 0. The van der Waals surface area contributed by atoms with Crippen molar-refractivity contribution in [3.05, 3.63) is 0 Å². The maximum atomic E-state index is 9.96. The quantitative estimate of drug-likeness (QED) is 0.596. The summed E-state index contributed by atoms with van der Waals surface area (Å²) in [5, 5.41) is 0. The van der Waals surface area contributed by atoms with Gasteiger partial charge in [-0.05, 0) is 6.92 Å². The summed E-state index contributed by atoms with van der Waals surface area (Å²) < 4.78 is 8.71. The zero-order valence-corrected chi connectivity index (χ0v) is 8.05.